The molecule has 0 spiro atoms. The van der Waals surface area contributed by atoms with Crippen molar-refractivity contribution in [2.75, 3.05) is 13.1 Å². The molecule has 2 aromatic rings. The Balaban J connectivity index is 1.69. The molecule has 4 nitrogen and oxygen atoms in total. The normalized spacial score (nSPS) is 29.4. The van der Waals surface area contributed by atoms with E-state index in [0.717, 1.165) is 17.5 Å². The Bertz CT molecular complexity index is 863. The van der Waals surface area contributed by atoms with Gasteiger partial charge >= 0.3 is 0 Å². The summed E-state index contributed by atoms with van der Waals surface area (Å²) in [5.74, 6) is 0. The molecule has 0 amide bonds. The third-order valence-corrected chi connectivity index (χ3v) is 7.17. The van der Waals surface area contributed by atoms with E-state index >= 15 is 0 Å². The van der Waals surface area contributed by atoms with Crippen LogP contribution in [0.25, 0.3) is 0 Å². The predicted molar refractivity (Wildman–Crippen MR) is 92.2 cm³/mol. The summed E-state index contributed by atoms with van der Waals surface area (Å²) in [6.45, 7) is 4.80. The molecule has 2 fully saturated rings. The van der Waals surface area contributed by atoms with Gasteiger partial charge in [0.25, 0.3) is 0 Å². The smallest absolute Gasteiger partial charge is 0.243 e. The van der Waals surface area contributed by atoms with E-state index in [1.165, 1.54) is 0 Å². The van der Waals surface area contributed by atoms with Gasteiger partial charge < -0.3 is 4.74 Å². The first-order valence-electron chi connectivity index (χ1n) is 8.26. The van der Waals surface area contributed by atoms with E-state index in [9.17, 15) is 8.42 Å². The van der Waals surface area contributed by atoms with Gasteiger partial charge in [0, 0.05) is 6.54 Å². The van der Waals surface area contributed by atoms with E-state index in [4.69, 9.17) is 4.74 Å². The number of epoxide rings is 1. The number of sulfonamides is 1. The van der Waals surface area contributed by atoms with Gasteiger partial charge in [-0.1, -0.05) is 55.0 Å². The van der Waals surface area contributed by atoms with Crippen molar-refractivity contribution in [1.82, 2.24) is 4.31 Å². The van der Waals surface area contributed by atoms with Crippen LogP contribution in [0.1, 0.15) is 24.5 Å². The van der Waals surface area contributed by atoms with E-state index in [1.807, 2.05) is 49.4 Å². The number of rotatable bonds is 4. The summed E-state index contributed by atoms with van der Waals surface area (Å²) in [7, 11) is -3.50. The van der Waals surface area contributed by atoms with Crippen molar-refractivity contribution >= 4 is 10.0 Å². The van der Waals surface area contributed by atoms with Crippen molar-refractivity contribution < 1.29 is 13.2 Å². The summed E-state index contributed by atoms with van der Waals surface area (Å²) < 4.78 is 33.7. The van der Waals surface area contributed by atoms with E-state index < -0.39 is 21.2 Å². The fourth-order valence-electron chi connectivity index (χ4n) is 3.85. The number of aryl methyl sites for hydroxylation is 1. The van der Waals surface area contributed by atoms with Crippen molar-refractivity contribution in [3.8, 4) is 0 Å². The summed E-state index contributed by atoms with van der Waals surface area (Å²) in [4.78, 5) is 0.351. The number of morpholine rings is 1. The average molecular weight is 343 g/mol. The number of fused-ring (bicyclic) bond motifs is 1. The molecule has 24 heavy (non-hydrogen) atoms. The van der Waals surface area contributed by atoms with Gasteiger partial charge in [-0.05, 0) is 31.0 Å². The zero-order valence-electron chi connectivity index (χ0n) is 13.9. The van der Waals surface area contributed by atoms with Gasteiger partial charge in [0.05, 0.1) is 11.4 Å². The molecule has 2 aromatic carbocycles. The van der Waals surface area contributed by atoms with Gasteiger partial charge in [0.15, 0.2) is 0 Å². The van der Waals surface area contributed by atoms with Crippen LogP contribution in [0.5, 0.6) is 0 Å². The maximum absolute atomic E-state index is 13.0. The zero-order chi connectivity index (χ0) is 17.0. The van der Waals surface area contributed by atoms with Gasteiger partial charge in [-0.15, -0.1) is 0 Å². The molecule has 5 heteroatoms. The van der Waals surface area contributed by atoms with Gasteiger partial charge in [-0.2, -0.15) is 4.31 Å². The highest BCUT2D eigenvalue weighted by Gasteiger charge is 2.75. The van der Waals surface area contributed by atoms with Crippen LogP contribution in [-0.4, -0.2) is 31.4 Å². The summed E-state index contributed by atoms with van der Waals surface area (Å²) in [5, 5.41) is 0. The first kappa shape index (κ1) is 15.8. The zero-order valence-corrected chi connectivity index (χ0v) is 14.7. The molecule has 2 saturated heterocycles. The Kier molecular flexibility index (Phi) is 3.39. The Morgan fingerprint density at radius 2 is 1.71 bits per heavy atom. The molecule has 0 bridgehead atoms. The second kappa shape index (κ2) is 5.15. The Morgan fingerprint density at radius 3 is 2.33 bits per heavy atom. The van der Waals surface area contributed by atoms with Crippen molar-refractivity contribution in [1.29, 1.82) is 0 Å². The highest BCUT2D eigenvalue weighted by Crippen LogP contribution is 2.62. The maximum atomic E-state index is 13.0. The molecule has 126 valence electrons. The quantitative estimate of drug-likeness (QED) is 0.802. The maximum Gasteiger partial charge on any atom is 0.243 e. The predicted octanol–water partition coefficient (Wildman–Crippen LogP) is 3.07. The summed E-state index contributed by atoms with van der Waals surface area (Å²) in [5.41, 5.74) is 1.22. The minimum Gasteiger partial charge on any atom is -0.355 e. The van der Waals surface area contributed by atoms with Crippen molar-refractivity contribution in [3.63, 3.8) is 0 Å². The van der Waals surface area contributed by atoms with Gasteiger partial charge in [-0.25, -0.2) is 8.42 Å². The molecule has 0 saturated carbocycles. The summed E-state index contributed by atoms with van der Waals surface area (Å²) >= 11 is 0. The SMILES string of the molecule is CC[C@]12CN(S(=O)(=O)c3ccc(C)cc3)C[C@@]1(c1ccccc1)O2. The van der Waals surface area contributed by atoms with Crippen LogP contribution in [0.3, 0.4) is 0 Å². The number of ether oxygens (including phenoxy) is 1. The second-order valence-electron chi connectivity index (χ2n) is 6.73. The number of hydrogen-bond acceptors (Lipinski definition) is 3. The van der Waals surface area contributed by atoms with Gasteiger partial charge in [0.1, 0.15) is 11.2 Å². The molecular formula is C19H21NO3S. The number of hydrogen-bond donors (Lipinski definition) is 0. The molecule has 2 aliphatic rings. The van der Waals surface area contributed by atoms with E-state index in [2.05, 4.69) is 6.92 Å². The number of nitrogens with zero attached hydrogens (tertiary/aromatic N) is 1. The Labute approximate surface area is 143 Å². The summed E-state index contributed by atoms with van der Waals surface area (Å²) in [6, 6.07) is 17.0. The Hall–Kier alpha value is -1.69. The lowest BCUT2D eigenvalue weighted by Gasteiger charge is -2.20. The van der Waals surface area contributed by atoms with Crippen LogP contribution in [-0.2, 0) is 20.4 Å². The monoisotopic (exact) mass is 343 g/mol. The van der Waals surface area contributed by atoms with Crippen LogP contribution >= 0.6 is 0 Å². The summed E-state index contributed by atoms with van der Waals surface area (Å²) in [6.07, 6.45) is 0.793. The average Bonchev–Trinajstić information content (AvgIpc) is 3.12. The third-order valence-electron chi connectivity index (χ3n) is 5.36. The lowest BCUT2D eigenvalue weighted by atomic mass is 9.87. The lowest BCUT2D eigenvalue weighted by Crippen LogP contribution is -2.34. The minimum atomic E-state index is -3.50. The molecule has 0 radical (unpaired) electrons. The largest absolute Gasteiger partial charge is 0.355 e. The Morgan fingerprint density at radius 1 is 1.04 bits per heavy atom. The topological polar surface area (TPSA) is 49.9 Å². The van der Waals surface area contributed by atoms with Crippen LogP contribution in [0.15, 0.2) is 59.5 Å². The fraction of sp³-hybridized carbons (Fsp3) is 0.368. The molecule has 0 aromatic heterocycles. The lowest BCUT2D eigenvalue weighted by molar-refractivity contribution is 0.180. The van der Waals surface area contributed by atoms with Gasteiger partial charge in [-0.3, -0.25) is 0 Å². The molecule has 2 heterocycles. The molecule has 0 aliphatic carbocycles. The van der Waals surface area contributed by atoms with Crippen molar-refractivity contribution in [2.45, 2.75) is 36.4 Å². The van der Waals surface area contributed by atoms with E-state index in [-0.39, 0.29) is 0 Å². The van der Waals surface area contributed by atoms with Crippen LogP contribution in [0.2, 0.25) is 0 Å². The highest BCUT2D eigenvalue weighted by atomic mass is 32.2. The molecule has 2 aliphatic heterocycles. The van der Waals surface area contributed by atoms with E-state index in [0.29, 0.717) is 18.0 Å². The molecule has 0 unspecified atom stereocenters. The first-order chi connectivity index (χ1) is 11.4. The van der Waals surface area contributed by atoms with Crippen LogP contribution in [0.4, 0.5) is 0 Å². The fourth-order valence-corrected chi connectivity index (χ4v) is 5.36. The van der Waals surface area contributed by atoms with Crippen LogP contribution < -0.4 is 0 Å². The van der Waals surface area contributed by atoms with Crippen molar-refractivity contribution in [3.05, 3.63) is 65.7 Å². The van der Waals surface area contributed by atoms with Crippen LogP contribution in [0, 0.1) is 6.92 Å². The first-order valence-corrected chi connectivity index (χ1v) is 9.70. The van der Waals surface area contributed by atoms with Crippen molar-refractivity contribution in [2.24, 2.45) is 0 Å². The second-order valence-corrected chi connectivity index (χ2v) is 8.67. The standard InChI is InChI=1S/C19H21NO3S/c1-3-18-13-20(24(21,22)17-11-9-15(2)10-12-17)14-19(18,23-18)16-7-5-4-6-8-16/h4-12H,3,13-14H2,1-2H3/t18-,19-/m0/s1. The molecular weight excluding hydrogens is 322 g/mol. The minimum absolute atomic E-state index is 0.351. The molecule has 4 rings (SSSR count). The van der Waals surface area contributed by atoms with Gasteiger partial charge in [0.2, 0.25) is 10.0 Å². The molecule has 2 atom stereocenters. The third kappa shape index (κ3) is 2.08. The van der Waals surface area contributed by atoms with E-state index in [1.54, 1.807) is 16.4 Å². The number of benzene rings is 2. The highest BCUT2D eigenvalue weighted by molar-refractivity contribution is 7.89. The molecule has 0 N–H and O–H groups in total.